The third-order valence-electron chi connectivity index (χ3n) is 3.77. The van der Waals surface area contributed by atoms with Crippen molar-refractivity contribution in [2.24, 2.45) is 5.73 Å². The van der Waals surface area contributed by atoms with Crippen molar-refractivity contribution >= 4 is 5.91 Å². The van der Waals surface area contributed by atoms with Gasteiger partial charge in [0.2, 0.25) is 0 Å². The zero-order chi connectivity index (χ0) is 14.0. The molecule has 1 amide bonds. The Kier molecular flexibility index (Phi) is 4.20. The summed E-state index contributed by atoms with van der Waals surface area (Å²) in [5, 5.41) is 0. The Labute approximate surface area is 113 Å². The van der Waals surface area contributed by atoms with Crippen LogP contribution in [0.5, 0.6) is 0 Å². The first-order chi connectivity index (χ1) is 9.00. The van der Waals surface area contributed by atoms with Crippen molar-refractivity contribution < 1.29 is 9.18 Å². The lowest BCUT2D eigenvalue weighted by Gasteiger charge is -2.38. The normalized spacial score (nSPS) is 21.3. The van der Waals surface area contributed by atoms with Crippen molar-refractivity contribution in [2.45, 2.75) is 45.2 Å². The zero-order valence-electron chi connectivity index (χ0n) is 11.5. The van der Waals surface area contributed by atoms with Crippen LogP contribution in [0.25, 0.3) is 0 Å². The van der Waals surface area contributed by atoms with Gasteiger partial charge in [-0.1, -0.05) is 11.6 Å². The van der Waals surface area contributed by atoms with Crippen LogP contribution in [0.3, 0.4) is 0 Å². The predicted molar refractivity (Wildman–Crippen MR) is 73.5 cm³/mol. The lowest BCUT2D eigenvalue weighted by Crippen LogP contribution is -2.51. The van der Waals surface area contributed by atoms with Gasteiger partial charge in [-0.05, 0) is 45.2 Å². The van der Waals surface area contributed by atoms with Crippen molar-refractivity contribution in [1.82, 2.24) is 4.90 Å². The fourth-order valence-electron chi connectivity index (χ4n) is 2.71. The number of carbonyl (C=O) groups is 1. The number of benzene rings is 1. The number of aryl methyl sites for hydroxylation is 1. The SMILES string of the molecule is Cc1ccc(F)c(C(=O)N2CCCCC2C(C)N)c1. The number of likely N-dealkylation sites (tertiary alicyclic amines) is 1. The number of halogens is 1. The highest BCUT2D eigenvalue weighted by atomic mass is 19.1. The van der Waals surface area contributed by atoms with Crippen LogP contribution in [0.15, 0.2) is 18.2 Å². The van der Waals surface area contributed by atoms with Crippen molar-refractivity contribution in [1.29, 1.82) is 0 Å². The van der Waals surface area contributed by atoms with Crippen LogP contribution in [-0.2, 0) is 0 Å². The van der Waals surface area contributed by atoms with Crippen LogP contribution in [-0.4, -0.2) is 29.4 Å². The van der Waals surface area contributed by atoms with E-state index in [9.17, 15) is 9.18 Å². The monoisotopic (exact) mass is 264 g/mol. The van der Waals surface area contributed by atoms with E-state index in [1.165, 1.54) is 6.07 Å². The van der Waals surface area contributed by atoms with E-state index < -0.39 is 5.82 Å². The quantitative estimate of drug-likeness (QED) is 0.892. The largest absolute Gasteiger partial charge is 0.334 e. The second-order valence-corrected chi connectivity index (χ2v) is 5.40. The Bertz CT molecular complexity index is 473. The van der Waals surface area contributed by atoms with Crippen molar-refractivity contribution in [3.63, 3.8) is 0 Å². The predicted octanol–water partition coefficient (Wildman–Crippen LogP) is 2.48. The van der Waals surface area contributed by atoms with Crippen LogP contribution in [0, 0.1) is 12.7 Å². The Morgan fingerprint density at radius 3 is 2.89 bits per heavy atom. The molecule has 0 radical (unpaired) electrons. The number of rotatable bonds is 2. The lowest BCUT2D eigenvalue weighted by atomic mass is 9.95. The smallest absolute Gasteiger partial charge is 0.257 e. The standard InChI is InChI=1S/C15H21FN2O/c1-10-6-7-13(16)12(9-10)15(19)18-8-4-3-5-14(18)11(2)17/h6-7,9,11,14H,3-5,8,17H2,1-2H3. The van der Waals surface area contributed by atoms with E-state index in [0.29, 0.717) is 6.54 Å². The minimum Gasteiger partial charge on any atom is -0.334 e. The molecule has 2 rings (SSSR count). The van der Waals surface area contributed by atoms with Gasteiger partial charge < -0.3 is 10.6 Å². The summed E-state index contributed by atoms with van der Waals surface area (Å²) in [7, 11) is 0. The summed E-state index contributed by atoms with van der Waals surface area (Å²) in [6, 6.07) is 4.57. The Hall–Kier alpha value is -1.42. The van der Waals surface area contributed by atoms with Crippen LogP contribution in [0.2, 0.25) is 0 Å². The van der Waals surface area contributed by atoms with Gasteiger partial charge in [0, 0.05) is 18.6 Å². The highest BCUT2D eigenvalue weighted by Gasteiger charge is 2.30. The van der Waals surface area contributed by atoms with Gasteiger partial charge in [-0.3, -0.25) is 4.79 Å². The summed E-state index contributed by atoms with van der Waals surface area (Å²) in [4.78, 5) is 14.3. The third kappa shape index (κ3) is 2.95. The summed E-state index contributed by atoms with van der Waals surface area (Å²) < 4.78 is 13.8. The molecular weight excluding hydrogens is 243 g/mol. The van der Waals surface area contributed by atoms with Gasteiger partial charge in [0.15, 0.2) is 0 Å². The topological polar surface area (TPSA) is 46.3 Å². The number of piperidine rings is 1. The van der Waals surface area contributed by atoms with Gasteiger partial charge >= 0.3 is 0 Å². The third-order valence-corrected chi connectivity index (χ3v) is 3.77. The molecule has 1 heterocycles. The highest BCUT2D eigenvalue weighted by molar-refractivity contribution is 5.95. The van der Waals surface area contributed by atoms with Crippen LogP contribution in [0.1, 0.15) is 42.1 Å². The zero-order valence-corrected chi connectivity index (χ0v) is 11.5. The second kappa shape index (κ2) is 5.70. The number of nitrogens with zero attached hydrogens (tertiary/aromatic N) is 1. The molecule has 104 valence electrons. The van der Waals surface area contributed by atoms with Gasteiger partial charge in [0.1, 0.15) is 5.82 Å². The molecule has 1 aliphatic rings. The van der Waals surface area contributed by atoms with Gasteiger partial charge in [-0.2, -0.15) is 0 Å². The molecule has 1 aliphatic heterocycles. The Balaban J connectivity index is 2.28. The van der Waals surface area contributed by atoms with E-state index in [1.54, 1.807) is 17.0 Å². The molecule has 0 spiro atoms. The molecule has 1 fully saturated rings. The van der Waals surface area contributed by atoms with Crippen molar-refractivity contribution in [2.75, 3.05) is 6.54 Å². The average molecular weight is 264 g/mol. The molecule has 0 aliphatic carbocycles. The number of hydrogen-bond acceptors (Lipinski definition) is 2. The maximum atomic E-state index is 13.8. The van der Waals surface area contributed by atoms with Crippen LogP contribution in [0.4, 0.5) is 4.39 Å². The summed E-state index contributed by atoms with van der Waals surface area (Å²) in [5.74, 6) is -0.687. The average Bonchev–Trinajstić information content (AvgIpc) is 2.40. The van der Waals surface area contributed by atoms with E-state index in [-0.39, 0.29) is 23.6 Å². The second-order valence-electron chi connectivity index (χ2n) is 5.40. The molecule has 3 nitrogen and oxygen atoms in total. The Morgan fingerprint density at radius 2 is 2.21 bits per heavy atom. The van der Waals surface area contributed by atoms with Crippen molar-refractivity contribution in [3.8, 4) is 0 Å². The molecule has 1 aromatic rings. The van der Waals surface area contributed by atoms with Gasteiger partial charge in [0.25, 0.3) is 5.91 Å². The molecule has 1 saturated heterocycles. The summed E-state index contributed by atoms with van der Waals surface area (Å²) in [5.41, 5.74) is 7.00. The van der Waals surface area contributed by atoms with Gasteiger partial charge in [-0.25, -0.2) is 4.39 Å². The number of hydrogen-bond donors (Lipinski definition) is 1. The van der Waals surface area contributed by atoms with Crippen LogP contribution >= 0.6 is 0 Å². The van der Waals surface area contributed by atoms with E-state index in [2.05, 4.69) is 0 Å². The molecule has 19 heavy (non-hydrogen) atoms. The van der Waals surface area contributed by atoms with E-state index in [0.717, 1.165) is 24.8 Å². The van der Waals surface area contributed by atoms with Crippen molar-refractivity contribution in [3.05, 3.63) is 35.1 Å². The summed E-state index contributed by atoms with van der Waals surface area (Å²) >= 11 is 0. The minimum absolute atomic E-state index is 0.0150. The number of carbonyl (C=O) groups excluding carboxylic acids is 1. The first-order valence-corrected chi connectivity index (χ1v) is 6.83. The highest BCUT2D eigenvalue weighted by Crippen LogP contribution is 2.22. The first-order valence-electron chi connectivity index (χ1n) is 6.83. The van der Waals surface area contributed by atoms with Gasteiger partial charge in [-0.15, -0.1) is 0 Å². The maximum absolute atomic E-state index is 13.8. The summed E-state index contributed by atoms with van der Waals surface area (Å²) in [6.07, 6.45) is 2.94. The first kappa shape index (κ1) is 14.0. The molecule has 1 aromatic carbocycles. The van der Waals surface area contributed by atoms with Crippen LogP contribution < -0.4 is 5.73 Å². The summed E-state index contributed by atoms with van der Waals surface area (Å²) in [6.45, 7) is 4.43. The molecular formula is C15H21FN2O. The molecule has 4 heteroatoms. The molecule has 2 N–H and O–H groups in total. The molecule has 2 atom stereocenters. The van der Waals surface area contributed by atoms with E-state index in [1.807, 2.05) is 13.8 Å². The minimum atomic E-state index is -0.454. The van der Waals surface area contributed by atoms with E-state index >= 15 is 0 Å². The number of nitrogens with two attached hydrogens (primary N) is 1. The Morgan fingerprint density at radius 1 is 1.47 bits per heavy atom. The molecule has 2 unspecified atom stereocenters. The molecule has 0 saturated carbocycles. The fourth-order valence-corrected chi connectivity index (χ4v) is 2.71. The molecule has 0 aromatic heterocycles. The lowest BCUT2D eigenvalue weighted by molar-refractivity contribution is 0.0579. The fraction of sp³-hybridized carbons (Fsp3) is 0.533. The number of amides is 1. The maximum Gasteiger partial charge on any atom is 0.257 e. The molecule has 0 bridgehead atoms. The van der Waals surface area contributed by atoms with E-state index in [4.69, 9.17) is 5.73 Å². The van der Waals surface area contributed by atoms with Gasteiger partial charge in [0.05, 0.1) is 5.56 Å².